The van der Waals surface area contributed by atoms with Gasteiger partial charge in [-0.05, 0) is 24.6 Å². The molecule has 17 heavy (non-hydrogen) atoms. The van der Waals surface area contributed by atoms with Crippen molar-refractivity contribution in [2.24, 2.45) is 0 Å². The molecule has 1 N–H and O–H groups in total. The van der Waals surface area contributed by atoms with E-state index in [-0.39, 0.29) is 18.3 Å². The van der Waals surface area contributed by atoms with Crippen molar-refractivity contribution in [3.63, 3.8) is 0 Å². The number of anilines is 1. The van der Waals surface area contributed by atoms with Crippen LogP contribution >= 0.6 is 12.4 Å². The van der Waals surface area contributed by atoms with Crippen LogP contribution in [0.5, 0.6) is 0 Å². The number of amides is 1. The van der Waals surface area contributed by atoms with Crippen LogP contribution in [0.15, 0.2) is 24.3 Å². The minimum atomic E-state index is 0. The van der Waals surface area contributed by atoms with Gasteiger partial charge in [0.05, 0.1) is 0 Å². The van der Waals surface area contributed by atoms with E-state index in [4.69, 9.17) is 0 Å². The van der Waals surface area contributed by atoms with Gasteiger partial charge in [-0.15, -0.1) is 12.4 Å². The zero-order valence-electron chi connectivity index (χ0n) is 9.85. The SMILES string of the molecule is CC(=O)N1c2ccccc2C2CNCCC21.Cl. The minimum Gasteiger partial charge on any atom is -0.316 e. The Morgan fingerprint density at radius 2 is 2.18 bits per heavy atom. The van der Waals surface area contributed by atoms with Crippen LogP contribution in [0.25, 0.3) is 0 Å². The molecule has 2 aliphatic heterocycles. The molecule has 2 unspecified atom stereocenters. The summed E-state index contributed by atoms with van der Waals surface area (Å²) in [5.41, 5.74) is 2.45. The molecule has 4 heteroatoms. The lowest BCUT2D eigenvalue weighted by Crippen LogP contribution is -2.45. The normalized spacial score (nSPS) is 25.8. The lowest BCUT2D eigenvalue weighted by atomic mass is 9.90. The van der Waals surface area contributed by atoms with Crippen LogP contribution in [0.4, 0.5) is 5.69 Å². The maximum absolute atomic E-state index is 11.8. The monoisotopic (exact) mass is 252 g/mol. The van der Waals surface area contributed by atoms with E-state index < -0.39 is 0 Å². The molecule has 3 nitrogen and oxygen atoms in total. The summed E-state index contributed by atoms with van der Waals surface area (Å²) in [5.74, 6) is 0.649. The van der Waals surface area contributed by atoms with Gasteiger partial charge in [0.15, 0.2) is 0 Å². The number of benzene rings is 1. The fraction of sp³-hybridized carbons (Fsp3) is 0.462. The third kappa shape index (κ3) is 1.83. The average molecular weight is 253 g/mol. The first kappa shape index (κ1) is 12.4. The molecule has 0 aromatic heterocycles. The molecule has 0 aliphatic carbocycles. The van der Waals surface area contributed by atoms with Crippen LogP contribution in [0.2, 0.25) is 0 Å². The van der Waals surface area contributed by atoms with Gasteiger partial charge in [0.25, 0.3) is 0 Å². The number of nitrogens with one attached hydrogen (secondary N) is 1. The quantitative estimate of drug-likeness (QED) is 0.765. The number of hydrogen-bond acceptors (Lipinski definition) is 2. The minimum absolute atomic E-state index is 0. The molecular formula is C13H17ClN2O. The Hall–Kier alpha value is -1.06. The molecule has 1 fully saturated rings. The summed E-state index contributed by atoms with van der Waals surface area (Å²) in [4.78, 5) is 13.8. The predicted octanol–water partition coefficient (Wildman–Crippen LogP) is 1.92. The Labute approximate surface area is 108 Å². The van der Waals surface area contributed by atoms with Crippen molar-refractivity contribution < 1.29 is 4.79 Å². The number of halogens is 1. The summed E-state index contributed by atoms with van der Waals surface area (Å²) < 4.78 is 0. The van der Waals surface area contributed by atoms with E-state index in [1.54, 1.807) is 6.92 Å². The third-order valence-electron chi connectivity index (χ3n) is 3.71. The van der Waals surface area contributed by atoms with Crippen molar-refractivity contribution in [1.82, 2.24) is 5.32 Å². The summed E-state index contributed by atoms with van der Waals surface area (Å²) in [5, 5.41) is 3.42. The predicted molar refractivity (Wildman–Crippen MR) is 70.9 cm³/mol. The highest BCUT2D eigenvalue weighted by Crippen LogP contribution is 2.42. The van der Waals surface area contributed by atoms with Crippen molar-refractivity contribution in [1.29, 1.82) is 0 Å². The topological polar surface area (TPSA) is 32.3 Å². The fourth-order valence-electron chi connectivity index (χ4n) is 3.07. The fourth-order valence-corrected chi connectivity index (χ4v) is 3.07. The Morgan fingerprint density at radius 3 is 2.94 bits per heavy atom. The van der Waals surface area contributed by atoms with Gasteiger partial charge >= 0.3 is 0 Å². The molecule has 0 radical (unpaired) electrons. The number of hydrogen-bond donors (Lipinski definition) is 1. The van der Waals surface area contributed by atoms with E-state index in [9.17, 15) is 4.79 Å². The molecule has 2 atom stereocenters. The van der Waals surface area contributed by atoms with E-state index in [1.807, 2.05) is 11.0 Å². The second-order valence-electron chi connectivity index (χ2n) is 4.61. The Balaban J connectivity index is 0.00000108. The van der Waals surface area contributed by atoms with Crippen LogP contribution in [0.3, 0.4) is 0 Å². The number of rotatable bonds is 0. The van der Waals surface area contributed by atoms with E-state index in [0.29, 0.717) is 12.0 Å². The maximum Gasteiger partial charge on any atom is 0.224 e. The highest BCUT2D eigenvalue weighted by Gasteiger charge is 2.41. The van der Waals surface area contributed by atoms with Crippen molar-refractivity contribution >= 4 is 24.0 Å². The van der Waals surface area contributed by atoms with Gasteiger partial charge in [-0.2, -0.15) is 0 Å². The molecule has 1 aromatic rings. The van der Waals surface area contributed by atoms with Gasteiger partial charge in [0.1, 0.15) is 0 Å². The second-order valence-corrected chi connectivity index (χ2v) is 4.61. The van der Waals surface area contributed by atoms with Gasteiger partial charge in [0, 0.05) is 31.1 Å². The number of fused-ring (bicyclic) bond motifs is 3. The first-order valence-electron chi connectivity index (χ1n) is 5.88. The van der Waals surface area contributed by atoms with Gasteiger partial charge in [-0.1, -0.05) is 18.2 Å². The molecule has 1 aromatic carbocycles. The summed E-state index contributed by atoms with van der Waals surface area (Å²) >= 11 is 0. The summed E-state index contributed by atoms with van der Waals surface area (Å²) in [7, 11) is 0. The molecule has 2 aliphatic rings. The maximum atomic E-state index is 11.8. The van der Waals surface area contributed by atoms with Gasteiger partial charge < -0.3 is 10.2 Å². The largest absolute Gasteiger partial charge is 0.316 e. The van der Waals surface area contributed by atoms with Gasteiger partial charge in [-0.25, -0.2) is 0 Å². The Morgan fingerprint density at radius 1 is 1.41 bits per heavy atom. The number of carbonyl (C=O) groups excluding carboxylic acids is 1. The van der Waals surface area contributed by atoms with Crippen molar-refractivity contribution in [2.45, 2.75) is 25.3 Å². The van der Waals surface area contributed by atoms with Crippen molar-refractivity contribution in [2.75, 3.05) is 18.0 Å². The van der Waals surface area contributed by atoms with Crippen molar-refractivity contribution in [3.05, 3.63) is 29.8 Å². The zero-order chi connectivity index (χ0) is 11.1. The summed E-state index contributed by atoms with van der Waals surface area (Å²) in [6, 6.07) is 8.67. The number of para-hydroxylation sites is 1. The van der Waals surface area contributed by atoms with Crippen LogP contribution in [0.1, 0.15) is 24.8 Å². The molecule has 3 rings (SSSR count). The van der Waals surface area contributed by atoms with Crippen LogP contribution in [-0.4, -0.2) is 25.0 Å². The van der Waals surface area contributed by atoms with Crippen LogP contribution < -0.4 is 10.2 Å². The smallest absolute Gasteiger partial charge is 0.224 e. The van der Waals surface area contributed by atoms with Crippen LogP contribution in [0, 0.1) is 0 Å². The molecule has 1 saturated heterocycles. The molecule has 2 heterocycles. The molecule has 1 amide bonds. The highest BCUT2D eigenvalue weighted by atomic mass is 35.5. The Kier molecular flexibility index (Phi) is 3.40. The first-order chi connectivity index (χ1) is 7.79. The number of nitrogens with zero attached hydrogens (tertiary/aromatic N) is 1. The van der Waals surface area contributed by atoms with E-state index in [0.717, 1.165) is 25.2 Å². The van der Waals surface area contributed by atoms with Gasteiger partial charge in [0.2, 0.25) is 5.91 Å². The lowest BCUT2D eigenvalue weighted by Gasteiger charge is -2.31. The molecule has 0 spiro atoms. The standard InChI is InChI=1S/C13H16N2O.ClH/c1-9(16)15-12-5-3-2-4-10(12)11-8-14-7-6-13(11)15;/h2-5,11,13-14H,6-8H2,1H3;1H. The summed E-state index contributed by atoms with van der Waals surface area (Å²) in [6.45, 7) is 3.67. The molecule has 92 valence electrons. The summed E-state index contributed by atoms with van der Waals surface area (Å²) in [6.07, 6.45) is 1.05. The van der Waals surface area contributed by atoms with Crippen molar-refractivity contribution in [3.8, 4) is 0 Å². The average Bonchev–Trinajstić information content (AvgIpc) is 2.63. The Bertz CT molecular complexity index is 435. The van der Waals surface area contributed by atoms with E-state index in [2.05, 4.69) is 23.5 Å². The zero-order valence-corrected chi connectivity index (χ0v) is 10.7. The van der Waals surface area contributed by atoms with E-state index >= 15 is 0 Å². The first-order valence-corrected chi connectivity index (χ1v) is 5.88. The van der Waals surface area contributed by atoms with Crippen LogP contribution in [-0.2, 0) is 4.79 Å². The second kappa shape index (κ2) is 4.67. The number of carbonyl (C=O) groups is 1. The highest BCUT2D eigenvalue weighted by molar-refractivity contribution is 5.95. The molecule has 0 saturated carbocycles. The number of piperidine rings is 1. The molecular weight excluding hydrogens is 236 g/mol. The van der Waals surface area contributed by atoms with Gasteiger partial charge in [-0.3, -0.25) is 4.79 Å². The lowest BCUT2D eigenvalue weighted by molar-refractivity contribution is -0.117. The third-order valence-corrected chi connectivity index (χ3v) is 3.71. The molecule has 0 bridgehead atoms. The van der Waals surface area contributed by atoms with E-state index in [1.165, 1.54) is 5.56 Å².